The van der Waals surface area contributed by atoms with E-state index in [-0.39, 0.29) is 5.91 Å². The summed E-state index contributed by atoms with van der Waals surface area (Å²) in [5, 5.41) is 3.34. The van der Waals surface area contributed by atoms with Crippen molar-refractivity contribution in [2.45, 2.75) is 38.6 Å². The van der Waals surface area contributed by atoms with Gasteiger partial charge in [-0.2, -0.15) is 0 Å². The average molecular weight is 261 g/mol. The highest BCUT2D eigenvalue weighted by Gasteiger charge is 2.23. The third-order valence-corrected chi connectivity index (χ3v) is 3.76. The van der Waals surface area contributed by atoms with Gasteiger partial charge < -0.3 is 10.2 Å². The Morgan fingerprint density at radius 1 is 1.47 bits per heavy atom. The minimum atomic E-state index is 0.276. The van der Waals surface area contributed by atoms with Gasteiger partial charge >= 0.3 is 0 Å². The Morgan fingerprint density at radius 3 is 2.89 bits per heavy atom. The zero-order valence-corrected chi connectivity index (χ0v) is 11.6. The third kappa shape index (κ3) is 4.03. The number of carbonyl (C=O) groups is 1. The second-order valence-corrected chi connectivity index (χ2v) is 5.02. The molecular formula is C15H23N3O. The number of pyridine rings is 1. The van der Waals surface area contributed by atoms with Gasteiger partial charge in [0.25, 0.3) is 0 Å². The lowest BCUT2D eigenvalue weighted by atomic mass is 10.0. The molecule has 1 aliphatic heterocycles. The standard InChI is InChI=1S/C15H23N3O/c1-2-18(14-7-10-16-11-8-14)15(19)6-5-13-4-3-9-17-12-13/h3-4,9,12,14,16H,2,5-8,10-11H2,1H3. The number of carbonyl (C=O) groups excluding carboxylic acids is 1. The maximum absolute atomic E-state index is 12.3. The van der Waals surface area contributed by atoms with Crippen LogP contribution in [0.3, 0.4) is 0 Å². The molecule has 0 unspecified atom stereocenters. The van der Waals surface area contributed by atoms with Gasteiger partial charge in [0.05, 0.1) is 0 Å². The molecule has 0 radical (unpaired) electrons. The SMILES string of the molecule is CCN(C(=O)CCc1cccnc1)C1CCNCC1. The van der Waals surface area contributed by atoms with Crippen molar-refractivity contribution in [2.75, 3.05) is 19.6 Å². The average Bonchev–Trinajstić information content (AvgIpc) is 2.48. The molecule has 0 atom stereocenters. The van der Waals surface area contributed by atoms with E-state index in [1.165, 1.54) is 0 Å². The van der Waals surface area contributed by atoms with Crippen LogP contribution in [0.1, 0.15) is 31.7 Å². The van der Waals surface area contributed by atoms with Gasteiger partial charge in [0.1, 0.15) is 0 Å². The lowest BCUT2D eigenvalue weighted by molar-refractivity contribution is -0.133. The van der Waals surface area contributed by atoms with E-state index >= 15 is 0 Å². The number of amides is 1. The molecule has 19 heavy (non-hydrogen) atoms. The predicted octanol–water partition coefficient (Wildman–Crippen LogP) is 1.61. The number of piperidine rings is 1. The molecule has 1 aromatic heterocycles. The molecule has 4 heteroatoms. The Balaban J connectivity index is 1.86. The Morgan fingerprint density at radius 2 is 2.26 bits per heavy atom. The molecule has 0 aliphatic carbocycles. The summed E-state index contributed by atoms with van der Waals surface area (Å²) in [6.07, 6.45) is 7.13. The van der Waals surface area contributed by atoms with Crippen molar-refractivity contribution in [3.05, 3.63) is 30.1 Å². The van der Waals surface area contributed by atoms with Crippen LogP contribution >= 0.6 is 0 Å². The normalized spacial score (nSPS) is 16.3. The number of aryl methyl sites for hydroxylation is 1. The highest BCUT2D eigenvalue weighted by molar-refractivity contribution is 5.76. The number of hydrogen-bond acceptors (Lipinski definition) is 3. The molecule has 1 saturated heterocycles. The van der Waals surface area contributed by atoms with Crippen LogP contribution in [0.2, 0.25) is 0 Å². The monoisotopic (exact) mass is 261 g/mol. The molecule has 104 valence electrons. The highest BCUT2D eigenvalue weighted by atomic mass is 16.2. The van der Waals surface area contributed by atoms with Gasteiger partial charge in [-0.05, 0) is 50.9 Å². The first-order chi connectivity index (χ1) is 9.31. The summed E-state index contributed by atoms with van der Waals surface area (Å²) in [7, 11) is 0. The number of hydrogen-bond donors (Lipinski definition) is 1. The van der Waals surface area contributed by atoms with E-state index in [1.807, 2.05) is 18.3 Å². The van der Waals surface area contributed by atoms with Crippen molar-refractivity contribution >= 4 is 5.91 Å². The maximum Gasteiger partial charge on any atom is 0.223 e. The van der Waals surface area contributed by atoms with Crippen molar-refractivity contribution < 1.29 is 4.79 Å². The minimum absolute atomic E-state index is 0.276. The van der Waals surface area contributed by atoms with E-state index in [9.17, 15) is 4.79 Å². The van der Waals surface area contributed by atoms with E-state index < -0.39 is 0 Å². The van der Waals surface area contributed by atoms with E-state index in [2.05, 4.69) is 22.1 Å². The van der Waals surface area contributed by atoms with Crippen molar-refractivity contribution in [2.24, 2.45) is 0 Å². The van der Waals surface area contributed by atoms with Crippen molar-refractivity contribution in [3.63, 3.8) is 0 Å². The first-order valence-electron chi connectivity index (χ1n) is 7.20. The number of aromatic nitrogens is 1. The van der Waals surface area contributed by atoms with Crippen LogP contribution in [0, 0.1) is 0 Å². The first kappa shape index (κ1) is 14.0. The van der Waals surface area contributed by atoms with E-state index in [1.54, 1.807) is 6.20 Å². The molecule has 1 aliphatic rings. The number of nitrogens with one attached hydrogen (secondary N) is 1. The molecule has 0 bridgehead atoms. The summed E-state index contributed by atoms with van der Waals surface area (Å²) in [5.74, 6) is 0.276. The lowest BCUT2D eigenvalue weighted by Gasteiger charge is -2.34. The Labute approximate surface area is 115 Å². The molecule has 0 aromatic carbocycles. The zero-order valence-electron chi connectivity index (χ0n) is 11.6. The minimum Gasteiger partial charge on any atom is -0.340 e. The number of rotatable bonds is 5. The van der Waals surface area contributed by atoms with Crippen molar-refractivity contribution in [3.8, 4) is 0 Å². The summed E-state index contributed by atoms with van der Waals surface area (Å²) in [6, 6.07) is 4.37. The molecule has 0 spiro atoms. The summed E-state index contributed by atoms with van der Waals surface area (Å²) < 4.78 is 0. The van der Waals surface area contributed by atoms with Crippen LogP contribution in [0.15, 0.2) is 24.5 Å². The Bertz CT molecular complexity index is 388. The molecule has 1 amide bonds. The molecule has 0 saturated carbocycles. The highest BCUT2D eigenvalue weighted by Crippen LogP contribution is 2.14. The largest absolute Gasteiger partial charge is 0.340 e. The predicted molar refractivity (Wildman–Crippen MR) is 75.8 cm³/mol. The summed E-state index contributed by atoms with van der Waals surface area (Å²) in [6.45, 7) is 4.94. The molecule has 1 N–H and O–H groups in total. The fourth-order valence-electron chi connectivity index (χ4n) is 2.70. The van der Waals surface area contributed by atoms with Gasteiger partial charge in [-0.1, -0.05) is 6.07 Å². The van der Waals surface area contributed by atoms with Gasteiger partial charge in [0.15, 0.2) is 0 Å². The smallest absolute Gasteiger partial charge is 0.223 e. The van der Waals surface area contributed by atoms with Crippen LogP contribution in [0.5, 0.6) is 0 Å². The second-order valence-electron chi connectivity index (χ2n) is 5.02. The van der Waals surface area contributed by atoms with E-state index in [0.29, 0.717) is 12.5 Å². The number of nitrogens with zero attached hydrogens (tertiary/aromatic N) is 2. The van der Waals surface area contributed by atoms with Gasteiger partial charge in [0.2, 0.25) is 5.91 Å². The van der Waals surface area contributed by atoms with Crippen LogP contribution in [-0.2, 0) is 11.2 Å². The molecule has 2 heterocycles. The summed E-state index contributed by atoms with van der Waals surface area (Å²) >= 11 is 0. The molecule has 1 fully saturated rings. The van der Waals surface area contributed by atoms with Crippen LogP contribution < -0.4 is 5.32 Å². The molecular weight excluding hydrogens is 238 g/mol. The Kier molecular flexibility index (Phi) is 5.33. The quantitative estimate of drug-likeness (QED) is 0.876. The van der Waals surface area contributed by atoms with Gasteiger partial charge in [-0.25, -0.2) is 0 Å². The fraction of sp³-hybridized carbons (Fsp3) is 0.600. The summed E-state index contributed by atoms with van der Waals surface area (Å²) in [5.41, 5.74) is 1.14. The van der Waals surface area contributed by atoms with Gasteiger partial charge in [0, 0.05) is 31.4 Å². The van der Waals surface area contributed by atoms with Crippen molar-refractivity contribution in [1.29, 1.82) is 0 Å². The zero-order chi connectivity index (χ0) is 13.5. The molecule has 4 nitrogen and oxygen atoms in total. The molecule has 1 aromatic rings. The summed E-state index contributed by atoms with van der Waals surface area (Å²) in [4.78, 5) is 18.5. The third-order valence-electron chi connectivity index (χ3n) is 3.76. The lowest BCUT2D eigenvalue weighted by Crippen LogP contribution is -2.46. The maximum atomic E-state index is 12.3. The Hall–Kier alpha value is -1.42. The van der Waals surface area contributed by atoms with E-state index in [0.717, 1.165) is 44.5 Å². The van der Waals surface area contributed by atoms with Crippen LogP contribution in [0.25, 0.3) is 0 Å². The van der Waals surface area contributed by atoms with Gasteiger partial charge in [-0.3, -0.25) is 9.78 Å². The van der Waals surface area contributed by atoms with Gasteiger partial charge in [-0.15, -0.1) is 0 Å². The first-order valence-corrected chi connectivity index (χ1v) is 7.20. The van der Waals surface area contributed by atoms with Crippen LogP contribution in [-0.4, -0.2) is 41.5 Å². The second kappa shape index (κ2) is 7.24. The van der Waals surface area contributed by atoms with Crippen molar-refractivity contribution in [1.82, 2.24) is 15.2 Å². The topological polar surface area (TPSA) is 45.2 Å². The van der Waals surface area contributed by atoms with E-state index in [4.69, 9.17) is 0 Å². The fourth-order valence-corrected chi connectivity index (χ4v) is 2.70. The van der Waals surface area contributed by atoms with Crippen LogP contribution in [0.4, 0.5) is 0 Å². The molecule has 2 rings (SSSR count).